The van der Waals surface area contributed by atoms with Gasteiger partial charge in [-0.2, -0.15) is 0 Å². The lowest BCUT2D eigenvalue weighted by atomic mass is 10.2. The normalized spacial score (nSPS) is 8.69. The van der Waals surface area contributed by atoms with Crippen LogP contribution in [0.15, 0.2) is 24.3 Å². The average molecular weight is 240 g/mol. The molecule has 66 valence electrons. The minimum Gasteiger partial charge on any atom is -0.258 e. The van der Waals surface area contributed by atoms with Gasteiger partial charge in [0.25, 0.3) is 5.69 Å². The molecule has 0 aliphatic rings. The zero-order valence-corrected chi connectivity index (χ0v) is 8.24. The van der Waals surface area contributed by atoms with Gasteiger partial charge < -0.3 is 0 Å². The maximum atomic E-state index is 10.4. The first kappa shape index (κ1) is 9.75. The maximum absolute atomic E-state index is 10.4. The van der Waals surface area contributed by atoms with E-state index in [0.717, 1.165) is 0 Å². The summed E-state index contributed by atoms with van der Waals surface area (Å²) in [5.74, 6) is 5.56. The summed E-state index contributed by atoms with van der Waals surface area (Å²) < 4.78 is 0. The highest BCUT2D eigenvalue weighted by molar-refractivity contribution is 9.09. The summed E-state index contributed by atoms with van der Waals surface area (Å²) in [5, 5.41) is 10.9. The molecule has 0 saturated carbocycles. The Hall–Kier alpha value is -1.34. The Morgan fingerprint density at radius 2 is 2.31 bits per heavy atom. The zero-order chi connectivity index (χ0) is 9.68. The average Bonchev–Trinajstić information content (AvgIpc) is 2.15. The van der Waals surface area contributed by atoms with Crippen molar-refractivity contribution in [3.8, 4) is 11.8 Å². The van der Waals surface area contributed by atoms with Gasteiger partial charge in [0.1, 0.15) is 0 Å². The number of non-ortho nitro benzene ring substituents is 1. The highest BCUT2D eigenvalue weighted by atomic mass is 79.9. The van der Waals surface area contributed by atoms with E-state index in [9.17, 15) is 10.1 Å². The molecule has 0 spiro atoms. The summed E-state index contributed by atoms with van der Waals surface area (Å²) in [6.45, 7) is 0. The summed E-state index contributed by atoms with van der Waals surface area (Å²) in [5.41, 5.74) is 0.732. The fourth-order valence-corrected chi connectivity index (χ4v) is 0.973. The van der Waals surface area contributed by atoms with Crippen molar-refractivity contribution < 1.29 is 4.92 Å². The third-order valence-electron chi connectivity index (χ3n) is 1.36. The topological polar surface area (TPSA) is 43.1 Å². The van der Waals surface area contributed by atoms with Crippen molar-refractivity contribution in [2.75, 3.05) is 5.33 Å². The summed E-state index contributed by atoms with van der Waals surface area (Å²) in [6.07, 6.45) is 0. The van der Waals surface area contributed by atoms with Crippen molar-refractivity contribution in [1.29, 1.82) is 0 Å². The number of hydrogen-bond acceptors (Lipinski definition) is 2. The molecule has 13 heavy (non-hydrogen) atoms. The van der Waals surface area contributed by atoms with E-state index in [1.54, 1.807) is 12.1 Å². The fraction of sp³-hybridized carbons (Fsp3) is 0.111. The first-order chi connectivity index (χ1) is 6.24. The molecule has 0 amide bonds. The van der Waals surface area contributed by atoms with Gasteiger partial charge in [-0.15, -0.1) is 0 Å². The van der Waals surface area contributed by atoms with Crippen LogP contribution in [0.1, 0.15) is 5.56 Å². The number of nitrogens with zero attached hydrogens (tertiary/aromatic N) is 1. The lowest BCUT2D eigenvalue weighted by Gasteiger charge is -1.90. The molecule has 1 aromatic carbocycles. The molecule has 0 atom stereocenters. The third kappa shape index (κ3) is 2.88. The molecule has 0 unspecified atom stereocenters. The lowest BCUT2D eigenvalue weighted by molar-refractivity contribution is -0.384. The van der Waals surface area contributed by atoms with E-state index in [1.807, 2.05) is 0 Å². The van der Waals surface area contributed by atoms with Gasteiger partial charge in [-0.05, 0) is 6.07 Å². The third-order valence-corrected chi connectivity index (χ3v) is 1.64. The maximum Gasteiger partial charge on any atom is 0.270 e. The first-order valence-electron chi connectivity index (χ1n) is 3.53. The quantitative estimate of drug-likeness (QED) is 0.327. The van der Waals surface area contributed by atoms with Crippen molar-refractivity contribution in [2.45, 2.75) is 0 Å². The van der Waals surface area contributed by atoms with E-state index in [-0.39, 0.29) is 5.69 Å². The Morgan fingerprint density at radius 3 is 2.92 bits per heavy atom. The van der Waals surface area contributed by atoms with Crippen molar-refractivity contribution in [3.05, 3.63) is 39.9 Å². The van der Waals surface area contributed by atoms with E-state index in [0.29, 0.717) is 10.9 Å². The number of alkyl halides is 1. The first-order valence-corrected chi connectivity index (χ1v) is 4.65. The van der Waals surface area contributed by atoms with Gasteiger partial charge in [-0.25, -0.2) is 0 Å². The molecule has 0 aliphatic heterocycles. The molecule has 0 N–H and O–H groups in total. The van der Waals surface area contributed by atoms with E-state index in [2.05, 4.69) is 27.8 Å². The highest BCUT2D eigenvalue weighted by Gasteiger charge is 2.03. The van der Waals surface area contributed by atoms with Crippen LogP contribution < -0.4 is 0 Å². The minimum absolute atomic E-state index is 0.0707. The van der Waals surface area contributed by atoms with Crippen LogP contribution in [-0.4, -0.2) is 10.3 Å². The second kappa shape index (κ2) is 4.63. The molecule has 0 saturated heterocycles. The molecule has 1 rings (SSSR count). The van der Waals surface area contributed by atoms with Crippen molar-refractivity contribution in [3.63, 3.8) is 0 Å². The molecule has 0 bridgehead atoms. The largest absolute Gasteiger partial charge is 0.270 e. The van der Waals surface area contributed by atoms with Gasteiger partial charge in [0.15, 0.2) is 0 Å². The predicted molar refractivity (Wildman–Crippen MR) is 53.8 cm³/mol. The molecule has 4 heteroatoms. The number of nitro groups is 1. The van der Waals surface area contributed by atoms with Crippen molar-refractivity contribution in [2.24, 2.45) is 0 Å². The van der Waals surface area contributed by atoms with E-state index >= 15 is 0 Å². The van der Waals surface area contributed by atoms with Crippen LogP contribution in [0.5, 0.6) is 0 Å². The molecule has 3 nitrogen and oxygen atoms in total. The van der Waals surface area contributed by atoms with Crippen LogP contribution >= 0.6 is 15.9 Å². The monoisotopic (exact) mass is 239 g/mol. The molecule has 0 fully saturated rings. The van der Waals surface area contributed by atoms with Crippen LogP contribution in [-0.2, 0) is 0 Å². The van der Waals surface area contributed by atoms with Crippen LogP contribution in [0.2, 0.25) is 0 Å². The van der Waals surface area contributed by atoms with Gasteiger partial charge in [0, 0.05) is 17.7 Å². The van der Waals surface area contributed by atoms with Gasteiger partial charge in [-0.1, -0.05) is 33.8 Å². The Morgan fingerprint density at radius 1 is 1.54 bits per heavy atom. The Bertz CT molecular complexity index is 379. The number of halogens is 1. The standard InChI is InChI=1S/C9H6BrNO2/c10-6-2-4-8-3-1-5-9(7-8)11(12)13/h1,3,5,7H,6H2. The van der Waals surface area contributed by atoms with Crippen molar-refractivity contribution in [1.82, 2.24) is 0 Å². The second-order valence-electron chi connectivity index (χ2n) is 2.24. The highest BCUT2D eigenvalue weighted by Crippen LogP contribution is 2.11. The molecule has 1 aromatic rings. The number of nitro benzene ring substituents is 1. The van der Waals surface area contributed by atoms with Crippen LogP contribution in [0.25, 0.3) is 0 Å². The summed E-state index contributed by atoms with van der Waals surface area (Å²) in [6, 6.07) is 6.26. The molecule has 0 aromatic heterocycles. The molecule has 0 heterocycles. The van der Waals surface area contributed by atoms with E-state index < -0.39 is 4.92 Å². The number of benzene rings is 1. The summed E-state index contributed by atoms with van der Waals surface area (Å²) >= 11 is 3.15. The van der Waals surface area contributed by atoms with Gasteiger partial charge >= 0.3 is 0 Å². The molecular formula is C9H6BrNO2. The molecule has 0 radical (unpaired) electrons. The van der Waals surface area contributed by atoms with Crippen LogP contribution in [0.3, 0.4) is 0 Å². The number of hydrogen-bond donors (Lipinski definition) is 0. The Labute approximate surface area is 84.0 Å². The zero-order valence-electron chi connectivity index (χ0n) is 6.66. The summed E-state index contributed by atoms with van der Waals surface area (Å²) in [4.78, 5) is 9.94. The van der Waals surface area contributed by atoms with Gasteiger partial charge in [-0.3, -0.25) is 10.1 Å². The Balaban J connectivity index is 2.98. The van der Waals surface area contributed by atoms with Gasteiger partial charge in [0.05, 0.1) is 10.3 Å². The minimum atomic E-state index is -0.431. The smallest absolute Gasteiger partial charge is 0.258 e. The molecular weight excluding hydrogens is 234 g/mol. The Kier molecular flexibility index (Phi) is 3.47. The summed E-state index contributed by atoms with van der Waals surface area (Å²) in [7, 11) is 0. The van der Waals surface area contributed by atoms with Crippen LogP contribution in [0.4, 0.5) is 5.69 Å². The number of rotatable bonds is 1. The SMILES string of the molecule is O=[N+]([O-])c1cccc(C#CCBr)c1. The van der Waals surface area contributed by atoms with Crippen LogP contribution in [0, 0.1) is 22.0 Å². The predicted octanol–water partition coefficient (Wildman–Crippen LogP) is 2.34. The lowest BCUT2D eigenvalue weighted by Crippen LogP contribution is -1.87. The fourth-order valence-electron chi connectivity index (χ4n) is 0.833. The second-order valence-corrected chi connectivity index (χ2v) is 2.80. The van der Waals surface area contributed by atoms with Crippen molar-refractivity contribution >= 4 is 21.6 Å². The molecule has 0 aliphatic carbocycles. The van der Waals surface area contributed by atoms with E-state index in [4.69, 9.17) is 0 Å². The van der Waals surface area contributed by atoms with E-state index in [1.165, 1.54) is 12.1 Å². The van der Waals surface area contributed by atoms with Gasteiger partial charge in [0.2, 0.25) is 0 Å².